The Hall–Kier alpha value is -2.63. The Morgan fingerprint density at radius 3 is 2.86 bits per heavy atom. The zero-order valence-corrected chi connectivity index (χ0v) is 11.3. The molecule has 0 spiro atoms. The van der Waals surface area contributed by atoms with Gasteiger partial charge in [0.15, 0.2) is 0 Å². The fourth-order valence-corrected chi connectivity index (χ4v) is 2.73. The minimum absolute atomic E-state index is 0.194. The van der Waals surface area contributed by atoms with E-state index in [0.29, 0.717) is 30.6 Å². The lowest BCUT2D eigenvalue weighted by Crippen LogP contribution is -2.40. The monoisotopic (exact) mass is 285 g/mol. The molecule has 1 fully saturated rings. The number of carbonyl (C=O) groups is 2. The number of fused-ring (bicyclic) bond motifs is 1. The van der Waals surface area contributed by atoms with Crippen molar-refractivity contribution in [3.8, 4) is 0 Å². The second-order valence-electron chi connectivity index (χ2n) is 5.11. The van der Waals surface area contributed by atoms with Gasteiger partial charge < -0.3 is 15.7 Å². The third-order valence-electron chi connectivity index (χ3n) is 3.77. The van der Waals surface area contributed by atoms with Crippen molar-refractivity contribution >= 4 is 28.5 Å². The van der Waals surface area contributed by atoms with E-state index in [9.17, 15) is 9.59 Å². The molecule has 1 aliphatic heterocycles. The summed E-state index contributed by atoms with van der Waals surface area (Å²) in [7, 11) is 0. The number of hydrogen-bond donors (Lipinski definition) is 2. The highest BCUT2D eigenvalue weighted by molar-refractivity contribution is 6.00. The van der Waals surface area contributed by atoms with Crippen molar-refractivity contribution < 1.29 is 14.7 Å². The minimum Gasteiger partial charge on any atom is -0.480 e. The number of nitrogens with two attached hydrogens (primary N) is 1. The first-order valence-electron chi connectivity index (χ1n) is 6.77. The van der Waals surface area contributed by atoms with Crippen LogP contribution in [0.2, 0.25) is 0 Å². The number of hydrogen-bond acceptors (Lipinski definition) is 4. The van der Waals surface area contributed by atoms with Crippen LogP contribution in [0, 0.1) is 0 Å². The molecule has 0 saturated carbocycles. The highest BCUT2D eigenvalue weighted by atomic mass is 16.4. The summed E-state index contributed by atoms with van der Waals surface area (Å²) in [6.45, 7) is 0.435. The van der Waals surface area contributed by atoms with E-state index in [1.54, 1.807) is 6.07 Å². The average molecular weight is 285 g/mol. The summed E-state index contributed by atoms with van der Waals surface area (Å²) in [5.74, 6) is -1.35. The number of nitrogens with zero attached hydrogens (tertiary/aromatic N) is 2. The highest BCUT2D eigenvalue weighted by Crippen LogP contribution is 2.24. The van der Waals surface area contributed by atoms with Crippen molar-refractivity contribution in [3.05, 3.63) is 36.0 Å². The van der Waals surface area contributed by atoms with Gasteiger partial charge >= 0.3 is 5.97 Å². The molecule has 0 bridgehead atoms. The molecule has 1 aromatic carbocycles. The number of carboxylic acids is 1. The van der Waals surface area contributed by atoms with Crippen molar-refractivity contribution in [1.29, 1.82) is 0 Å². The maximum atomic E-state index is 12.5. The number of aliphatic carboxylic acids is 1. The normalized spacial score (nSPS) is 18.1. The summed E-state index contributed by atoms with van der Waals surface area (Å²) < 4.78 is 0. The fourth-order valence-electron chi connectivity index (χ4n) is 2.73. The van der Waals surface area contributed by atoms with Crippen LogP contribution in [-0.2, 0) is 4.79 Å². The van der Waals surface area contributed by atoms with Crippen molar-refractivity contribution in [2.45, 2.75) is 18.9 Å². The van der Waals surface area contributed by atoms with Crippen LogP contribution in [-0.4, -0.2) is 39.5 Å². The summed E-state index contributed by atoms with van der Waals surface area (Å²) >= 11 is 0. The molecule has 21 heavy (non-hydrogen) atoms. The number of nitrogen functional groups attached to an aromatic ring is 1. The SMILES string of the molecule is Nc1cc(C(=O)N2CCCC2C(=O)O)nc2ccccc12. The molecule has 108 valence electrons. The molecule has 1 unspecified atom stereocenters. The van der Waals surface area contributed by atoms with Gasteiger partial charge in [0.05, 0.1) is 5.52 Å². The molecule has 2 aromatic rings. The van der Waals surface area contributed by atoms with E-state index in [4.69, 9.17) is 10.8 Å². The topological polar surface area (TPSA) is 96.5 Å². The molecule has 1 atom stereocenters. The molecule has 1 aliphatic rings. The lowest BCUT2D eigenvalue weighted by Gasteiger charge is -2.21. The van der Waals surface area contributed by atoms with E-state index in [1.165, 1.54) is 11.0 Å². The predicted octanol–water partition coefficient (Wildman–Crippen LogP) is 1.51. The van der Waals surface area contributed by atoms with Gasteiger partial charge in [0.2, 0.25) is 0 Å². The molecule has 3 rings (SSSR count). The largest absolute Gasteiger partial charge is 0.480 e. The van der Waals surface area contributed by atoms with E-state index in [2.05, 4.69) is 4.98 Å². The summed E-state index contributed by atoms with van der Waals surface area (Å²) in [6, 6.07) is 8.03. The van der Waals surface area contributed by atoms with Gasteiger partial charge in [-0.25, -0.2) is 9.78 Å². The van der Waals surface area contributed by atoms with Crippen LogP contribution in [0.3, 0.4) is 0 Å². The van der Waals surface area contributed by atoms with E-state index in [1.807, 2.05) is 18.2 Å². The molecule has 6 nitrogen and oxygen atoms in total. The van der Waals surface area contributed by atoms with Crippen LogP contribution in [0.4, 0.5) is 5.69 Å². The lowest BCUT2D eigenvalue weighted by molar-refractivity contribution is -0.141. The smallest absolute Gasteiger partial charge is 0.326 e. The van der Waals surface area contributed by atoms with E-state index in [-0.39, 0.29) is 11.6 Å². The van der Waals surface area contributed by atoms with Crippen molar-refractivity contribution in [2.75, 3.05) is 12.3 Å². The van der Waals surface area contributed by atoms with Crippen molar-refractivity contribution in [2.24, 2.45) is 0 Å². The Kier molecular flexibility index (Phi) is 3.21. The van der Waals surface area contributed by atoms with Gasteiger partial charge in [0.1, 0.15) is 11.7 Å². The van der Waals surface area contributed by atoms with Crippen LogP contribution in [0.25, 0.3) is 10.9 Å². The fraction of sp³-hybridized carbons (Fsp3) is 0.267. The Morgan fingerprint density at radius 2 is 2.10 bits per heavy atom. The van der Waals surface area contributed by atoms with Gasteiger partial charge in [-0.3, -0.25) is 4.79 Å². The minimum atomic E-state index is -0.977. The maximum Gasteiger partial charge on any atom is 0.326 e. The van der Waals surface area contributed by atoms with E-state index >= 15 is 0 Å². The molecule has 0 aliphatic carbocycles. The van der Waals surface area contributed by atoms with Crippen LogP contribution in [0.15, 0.2) is 30.3 Å². The first-order chi connectivity index (χ1) is 10.1. The standard InChI is InChI=1S/C15H15N3O3/c16-10-8-12(17-11-5-2-1-4-9(10)11)14(19)18-7-3-6-13(18)15(20)21/h1-2,4-5,8,13H,3,6-7H2,(H2,16,17)(H,20,21). The number of aromatic nitrogens is 1. The highest BCUT2D eigenvalue weighted by Gasteiger charge is 2.35. The zero-order valence-electron chi connectivity index (χ0n) is 11.3. The number of pyridine rings is 1. The Balaban J connectivity index is 2.00. The number of amides is 1. The van der Waals surface area contributed by atoms with Gasteiger partial charge in [-0.05, 0) is 25.0 Å². The second kappa shape index (κ2) is 5.05. The number of carbonyl (C=O) groups excluding carboxylic acids is 1. The first kappa shape index (κ1) is 13.4. The van der Waals surface area contributed by atoms with Gasteiger partial charge in [-0.1, -0.05) is 18.2 Å². The second-order valence-corrected chi connectivity index (χ2v) is 5.11. The summed E-state index contributed by atoms with van der Waals surface area (Å²) in [6.07, 6.45) is 1.16. The number of rotatable bonds is 2. The first-order valence-corrected chi connectivity index (χ1v) is 6.77. The number of benzene rings is 1. The zero-order chi connectivity index (χ0) is 15.0. The van der Waals surface area contributed by atoms with Crippen LogP contribution in [0.1, 0.15) is 23.3 Å². The maximum absolute atomic E-state index is 12.5. The van der Waals surface area contributed by atoms with E-state index < -0.39 is 12.0 Å². The summed E-state index contributed by atoms with van der Waals surface area (Å²) in [4.78, 5) is 29.4. The molecule has 1 aromatic heterocycles. The number of anilines is 1. The number of carboxylic acid groups (broad SMARTS) is 1. The lowest BCUT2D eigenvalue weighted by atomic mass is 10.1. The molecule has 0 radical (unpaired) electrons. The molecular formula is C15H15N3O3. The quantitative estimate of drug-likeness (QED) is 0.871. The molecule has 2 heterocycles. The number of likely N-dealkylation sites (tertiary alicyclic amines) is 1. The van der Waals surface area contributed by atoms with E-state index in [0.717, 1.165) is 5.39 Å². The van der Waals surface area contributed by atoms with Gasteiger partial charge in [-0.2, -0.15) is 0 Å². The summed E-state index contributed by atoms with van der Waals surface area (Å²) in [5, 5.41) is 9.95. The van der Waals surface area contributed by atoms with Gasteiger partial charge in [-0.15, -0.1) is 0 Å². The van der Waals surface area contributed by atoms with Crippen molar-refractivity contribution in [3.63, 3.8) is 0 Å². The molecule has 6 heteroatoms. The third kappa shape index (κ3) is 2.29. The number of para-hydroxylation sites is 1. The molecule has 1 amide bonds. The molecule has 1 saturated heterocycles. The molecular weight excluding hydrogens is 270 g/mol. The summed E-state index contributed by atoms with van der Waals surface area (Å²) in [5.41, 5.74) is 7.25. The van der Waals surface area contributed by atoms with Gasteiger partial charge in [0.25, 0.3) is 5.91 Å². The Bertz CT molecular complexity index is 729. The third-order valence-corrected chi connectivity index (χ3v) is 3.77. The average Bonchev–Trinajstić information content (AvgIpc) is 2.96. The van der Waals surface area contributed by atoms with Crippen LogP contribution < -0.4 is 5.73 Å². The van der Waals surface area contributed by atoms with Gasteiger partial charge in [0, 0.05) is 17.6 Å². The predicted molar refractivity (Wildman–Crippen MR) is 77.8 cm³/mol. The molecule has 3 N–H and O–H groups in total. The Labute approximate surface area is 121 Å². The Morgan fingerprint density at radius 1 is 1.33 bits per heavy atom. The van der Waals surface area contributed by atoms with Crippen molar-refractivity contribution in [1.82, 2.24) is 9.88 Å². The van der Waals surface area contributed by atoms with Crippen LogP contribution >= 0.6 is 0 Å². The van der Waals surface area contributed by atoms with Crippen LogP contribution in [0.5, 0.6) is 0 Å².